The molecule has 128 valence electrons. The van der Waals surface area contributed by atoms with Crippen LogP contribution in [0, 0.1) is 5.92 Å². The minimum atomic E-state index is 0.0264. The molecule has 1 N–H and O–H groups in total. The number of aromatic nitrogens is 4. The molecule has 2 aromatic heterocycles. The fraction of sp³-hybridized carbons (Fsp3) is 0.294. The Hall–Kier alpha value is -2.48. The van der Waals surface area contributed by atoms with E-state index in [1.54, 1.807) is 10.8 Å². The Morgan fingerprint density at radius 1 is 1.12 bits per heavy atom. The van der Waals surface area contributed by atoms with E-state index in [9.17, 15) is 4.79 Å². The number of fused-ring (bicyclic) bond motifs is 1. The highest BCUT2D eigenvalue weighted by molar-refractivity contribution is 9.10. The summed E-state index contributed by atoms with van der Waals surface area (Å²) in [4.78, 5) is 14.7. The first-order valence-electron chi connectivity index (χ1n) is 8.17. The van der Waals surface area contributed by atoms with Crippen molar-refractivity contribution < 1.29 is 4.79 Å². The molecule has 1 aliphatic rings. The van der Waals surface area contributed by atoms with Crippen LogP contribution in [0.2, 0.25) is 0 Å². The van der Waals surface area contributed by atoms with Crippen molar-refractivity contribution in [2.24, 2.45) is 5.92 Å². The van der Waals surface area contributed by atoms with Gasteiger partial charge in [0.05, 0.1) is 0 Å². The lowest BCUT2D eigenvalue weighted by atomic mass is 9.96. The van der Waals surface area contributed by atoms with Crippen molar-refractivity contribution in [3.05, 3.63) is 47.2 Å². The van der Waals surface area contributed by atoms with Gasteiger partial charge in [0.25, 0.3) is 0 Å². The summed E-state index contributed by atoms with van der Waals surface area (Å²) in [5.74, 6) is 1.00. The van der Waals surface area contributed by atoms with E-state index in [1.165, 1.54) is 0 Å². The van der Waals surface area contributed by atoms with Gasteiger partial charge in [-0.15, -0.1) is 15.3 Å². The van der Waals surface area contributed by atoms with Crippen LogP contribution < -0.4 is 10.2 Å². The molecule has 3 aromatic rings. The maximum atomic E-state index is 12.5. The predicted octanol–water partition coefficient (Wildman–Crippen LogP) is 2.74. The highest BCUT2D eigenvalue weighted by atomic mass is 79.9. The fourth-order valence-corrected chi connectivity index (χ4v) is 3.30. The Labute approximate surface area is 153 Å². The van der Waals surface area contributed by atoms with Gasteiger partial charge in [0.2, 0.25) is 5.91 Å². The van der Waals surface area contributed by atoms with Crippen LogP contribution in [0.25, 0.3) is 5.65 Å². The zero-order chi connectivity index (χ0) is 17.2. The van der Waals surface area contributed by atoms with E-state index in [4.69, 9.17) is 0 Å². The van der Waals surface area contributed by atoms with Crippen molar-refractivity contribution in [2.45, 2.75) is 12.8 Å². The van der Waals surface area contributed by atoms with Gasteiger partial charge in [-0.2, -0.15) is 4.52 Å². The molecule has 25 heavy (non-hydrogen) atoms. The third kappa shape index (κ3) is 3.48. The third-order valence-corrected chi connectivity index (χ3v) is 4.98. The molecule has 7 nitrogen and oxygen atoms in total. The topological polar surface area (TPSA) is 75.4 Å². The van der Waals surface area contributed by atoms with Gasteiger partial charge in [-0.05, 0) is 49.2 Å². The summed E-state index contributed by atoms with van der Waals surface area (Å²) >= 11 is 3.40. The molecule has 1 aromatic carbocycles. The van der Waals surface area contributed by atoms with Crippen LogP contribution in [0.3, 0.4) is 0 Å². The van der Waals surface area contributed by atoms with Crippen LogP contribution in [0.15, 0.2) is 47.2 Å². The van der Waals surface area contributed by atoms with Gasteiger partial charge in [0.15, 0.2) is 5.65 Å². The Morgan fingerprint density at radius 2 is 1.88 bits per heavy atom. The number of hydrogen-bond donors (Lipinski definition) is 1. The standard InChI is InChI=1S/C17H17BrN6O/c18-13-1-3-14(4-2-13)20-17(25)12-7-9-23(10-8-12)16-6-5-15-21-19-11-24(15)22-16/h1-6,11-12H,7-10H2,(H,20,25). The molecule has 4 rings (SSSR count). The SMILES string of the molecule is O=C(Nc1ccc(Br)cc1)C1CCN(c2ccc3nncn3n2)CC1. The van der Waals surface area contributed by atoms with Gasteiger partial charge in [0.1, 0.15) is 12.1 Å². The minimum Gasteiger partial charge on any atom is -0.355 e. The Morgan fingerprint density at radius 3 is 2.64 bits per heavy atom. The Kier molecular flexibility index (Phi) is 4.35. The molecular weight excluding hydrogens is 384 g/mol. The number of rotatable bonds is 3. The van der Waals surface area contributed by atoms with Crippen molar-refractivity contribution in [1.82, 2.24) is 19.8 Å². The first-order valence-corrected chi connectivity index (χ1v) is 8.97. The summed E-state index contributed by atoms with van der Waals surface area (Å²) in [7, 11) is 0. The number of benzene rings is 1. The van der Waals surface area contributed by atoms with E-state index in [1.807, 2.05) is 36.4 Å². The average molecular weight is 401 g/mol. The van der Waals surface area contributed by atoms with Crippen molar-refractivity contribution in [1.29, 1.82) is 0 Å². The number of anilines is 2. The average Bonchev–Trinajstić information content (AvgIpc) is 3.11. The largest absolute Gasteiger partial charge is 0.355 e. The smallest absolute Gasteiger partial charge is 0.227 e. The van der Waals surface area contributed by atoms with E-state index in [0.29, 0.717) is 0 Å². The van der Waals surface area contributed by atoms with Crippen LogP contribution >= 0.6 is 15.9 Å². The summed E-state index contributed by atoms with van der Waals surface area (Å²) < 4.78 is 2.66. The van der Waals surface area contributed by atoms with E-state index in [2.05, 4.69) is 41.4 Å². The maximum Gasteiger partial charge on any atom is 0.227 e. The highest BCUT2D eigenvalue weighted by Gasteiger charge is 2.26. The summed E-state index contributed by atoms with van der Waals surface area (Å²) in [5, 5.41) is 15.3. The molecule has 0 aliphatic carbocycles. The molecule has 1 saturated heterocycles. The number of amides is 1. The second kappa shape index (κ2) is 6.79. The van der Waals surface area contributed by atoms with Crippen LogP contribution in [0.4, 0.5) is 11.5 Å². The molecule has 8 heteroatoms. The molecule has 0 radical (unpaired) electrons. The summed E-state index contributed by atoms with van der Waals surface area (Å²) in [6.45, 7) is 1.61. The number of carbonyl (C=O) groups excluding carboxylic acids is 1. The second-order valence-electron chi connectivity index (χ2n) is 6.08. The number of nitrogens with zero attached hydrogens (tertiary/aromatic N) is 5. The van der Waals surface area contributed by atoms with E-state index >= 15 is 0 Å². The van der Waals surface area contributed by atoms with Crippen molar-refractivity contribution in [3.63, 3.8) is 0 Å². The van der Waals surface area contributed by atoms with Crippen LogP contribution in [0.5, 0.6) is 0 Å². The molecule has 3 heterocycles. The van der Waals surface area contributed by atoms with Crippen molar-refractivity contribution in [3.8, 4) is 0 Å². The van der Waals surface area contributed by atoms with Crippen LogP contribution in [-0.4, -0.2) is 38.8 Å². The maximum absolute atomic E-state index is 12.5. The van der Waals surface area contributed by atoms with Gasteiger partial charge in [-0.1, -0.05) is 15.9 Å². The number of piperidine rings is 1. The molecule has 1 aliphatic heterocycles. The number of halogens is 1. The molecular formula is C17H17BrN6O. The van der Waals surface area contributed by atoms with Crippen molar-refractivity contribution >= 4 is 39.0 Å². The zero-order valence-electron chi connectivity index (χ0n) is 13.5. The van der Waals surface area contributed by atoms with Crippen LogP contribution in [0.1, 0.15) is 12.8 Å². The molecule has 1 amide bonds. The van der Waals surface area contributed by atoms with E-state index in [0.717, 1.165) is 47.6 Å². The number of hydrogen-bond acceptors (Lipinski definition) is 5. The lowest BCUT2D eigenvalue weighted by molar-refractivity contribution is -0.120. The molecule has 1 fully saturated rings. The molecule has 0 atom stereocenters. The first-order chi connectivity index (χ1) is 12.2. The van der Waals surface area contributed by atoms with Gasteiger partial charge in [0, 0.05) is 29.2 Å². The number of carbonyl (C=O) groups is 1. The molecule has 0 unspecified atom stereocenters. The summed E-state index contributed by atoms with van der Waals surface area (Å²) in [5.41, 5.74) is 1.56. The Balaban J connectivity index is 1.37. The lowest BCUT2D eigenvalue weighted by Crippen LogP contribution is -2.38. The first kappa shape index (κ1) is 16.0. The third-order valence-electron chi connectivity index (χ3n) is 4.45. The van der Waals surface area contributed by atoms with E-state index in [-0.39, 0.29) is 11.8 Å². The predicted molar refractivity (Wildman–Crippen MR) is 98.5 cm³/mol. The fourth-order valence-electron chi connectivity index (χ4n) is 3.04. The molecule has 0 bridgehead atoms. The minimum absolute atomic E-state index is 0.0264. The van der Waals surface area contributed by atoms with Crippen LogP contribution in [-0.2, 0) is 4.79 Å². The van der Waals surface area contributed by atoms with Gasteiger partial charge >= 0.3 is 0 Å². The summed E-state index contributed by atoms with van der Waals surface area (Å²) in [6, 6.07) is 11.5. The highest BCUT2D eigenvalue weighted by Crippen LogP contribution is 2.23. The molecule has 0 saturated carbocycles. The van der Waals surface area contributed by atoms with Gasteiger partial charge in [-0.25, -0.2) is 0 Å². The van der Waals surface area contributed by atoms with Gasteiger partial charge < -0.3 is 10.2 Å². The Bertz CT molecular complexity index is 886. The normalized spacial score (nSPS) is 15.5. The monoisotopic (exact) mass is 400 g/mol. The summed E-state index contributed by atoms with van der Waals surface area (Å²) in [6.07, 6.45) is 3.21. The quantitative estimate of drug-likeness (QED) is 0.731. The van der Waals surface area contributed by atoms with Crippen molar-refractivity contribution in [2.75, 3.05) is 23.3 Å². The number of nitrogens with one attached hydrogen (secondary N) is 1. The van der Waals surface area contributed by atoms with Gasteiger partial charge in [-0.3, -0.25) is 4.79 Å². The zero-order valence-corrected chi connectivity index (χ0v) is 15.1. The second-order valence-corrected chi connectivity index (χ2v) is 7.00. The van der Waals surface area contributed by atoms with E-state index < -0.39 is 0 Å². The molecule has 0 spiro atoms. The lowest BCUT2D eigenvalue weighted by Gasteiger charge is -2.32.